The van der Waals surface area contributed by atoms with Gasteiger partial charge in [0.15, 0.2) is 0 Å². The van der Waals surface area contributed by atoms with Crippen LogP contribution in [-0.2, 0) is 0 Å². The molecule has 1 aliphatic heterocycles. The molecule has 2 heteroatoms. The zero-order valence-electron chi connectivity index (χ0n) is 11.7. The molecule has 2 nitrogen and oxygen atoms in total. The minimum atomic E-state index is 0.396. The van der Waals surface area contributed by atoms with Crippen molar-refractivity contribution in [3.63, 3.8) is 0 Å². The van der Waals surface area contributed by atoms with Gasteiger partial charge in [-0.3, -0.25) is 0 Å². The van der Waals surface area contributed by atoms with Crippen molar-refractivity contribution in [2.24, 2.45) is 11.7 Å². The van der Waals surface area contributed by atoms with Gasteiger partial charge in [0.2, 0.25) is 0 Å². The molecule has 0 aromatic carbocycles. The first-order valence-electron chi connectivity index (χ1n) is 6.94. The largest absolute Gasteiger partial charge is 0.328 e. The molecule has 1 fully saturated rings. The van der Waals surface area contributed by atoms with Gasteiger partial charge in [0, 0.05) is 12.6 Å². The second kappa shape index (κ2) is 8.13. The molecule has 0 aliphatic carbocycles. The van der Waals surface area contributed by atoms with Gasteiger partial charge in [0.1, 0.15) is 0 Å². The number of allylic oxidation sites excluding steroid dienone is 3. The van der Waals surface area contributed by atoms with Gasteiger partial charge in [-0.25, -0.2) is 0 Å². The van der Waals surface area contributed by atoms with Crippen molar-refractivity contribution in [3.8, 4) is 12.3 Å². The molecule has 1 heterocycles. The van der Waals surface area contributed by atoms with Crippen molar-refractivity contribution in [1.29, 1.82) is 0 Å². The minimum Gasteiger partial charge on any atom is -0.328 e. The Labute approximate surface area is 112 Å². The van der Waals surface area contributed by atoms with Gasteiger partial charge in [0.05, 0.1) is 0 Å². The van der Waals surface area contributed by atoms with E-state index in [1.807, 2.05) is 6.08 Å². The summed E-state index contributed by atoms with van der Waals surface area (Å²) in [6, 6.07) is 0.396. The van der Waals surface area contributed by atoms with Crippen molar-refractivity contribution >= 4 is 0 Å². The Morgan fingerprint density at radius 2 is 2.28 bits per heavy atom. The highest BCUT2D eigenvalue weighted by atomic mass is 15.1. The number of hydrogen-bond donors (Lipinski definition) is 1. The molecule has 18 heavy (non-hydrogen) atoms. The lowest BCUT2D eigenvalue weighted by Gasteiger charge is -2.24. The molecular weight excluding hydrogens is 220 g/mol. The summed E-state index contributed by atoms with van der Waals surface area (Å²) in [6.45, 7) is 7.74. The molecule has 0 saturated carbocycles. The Balaban J connectivity index is 2.50. The van der Waals surface area contributed by atoms with Crippen LogP contribution in [0.5, 0.6) is 0 Å². The Kier molecular flexibility index (Phi) is 6.78. The van der Waals surface area contributed by atoms with Gasteiger partial charge >= 0.3 is 0 Å². The molecule has 100 valence electrons. The summed E-state index contributed by atoms with van der Waals surface area (Å²) in [5, 5.41) is 0. The highest BCUT2D eigenvalue weighted by Crippen LogP contribution is 2.16. The van der Waals surface area contributed by atoms with Crippen LogP contribution in [0, 0.1) is 18.3 Å². The summed E-state index contributed by atoms with van der Waals surface area (Å²) in [6.07, 6.45) is 14.8. The fraction of sp³-hybridized carbons (Fsp3) is 0.625. The SMILES string of the molecule is C#C/C=C\C(=C/C)C(C)CN1CCCC(N)CC1. The molecule has 1 aliphatic rings. The lowest BCUT2D eigenvalue weighted by atomic mass is 9.99. The molecule has 0 amide bonds. The average Bonchev–Trinajstić information content (AvgIpc) is 2.55. The van der Waals surface area contributed by atoms with Gasteiger partial charge in [0.25, 0.3) is 0 Å². The van der Waals surface area contributed by atoms with E-state index >= 15 is 0 Å². The standard InChI is InChI=1S/C16H26N2/c1-4-6-8-15(5-2)14(3)13-18-11-7-9-16(17)10-12-18/h1,5-6,8,14,16H,7,9-13,17H2,2-3H3/b8-6-,15-5+. The van der Waals surface area contributed by atoms with E-state index < -0.39 is 0 Å². The number of nitrogens with zero attached hydrogens (tertiary/aromatic N) is 1. The van der Waals surface area contributed by atoms with E-state index in [-0.39, 0.29) is 0 Å². The van der Waals surface area contributed by atoms with Crippen molar-refractivity contribution in [2.75, 3.05) is 19.6 Å². The van der Waals surface area contributed by atoms with E-state index in [0.717, 1.165) is 19.5 Å². The van der Waals surface area contributed by atoms with E-state index in [0.29, 0.717) is 12.0 Å². The van der Waals surface area contributed by atoms with Gasteiger partial charge in [-0.05, 0) is 56.8 Å². The van der Waals surface area contributed by atoms with Crippen molar-refractivity contribution < 1.29 is 0 Å². The van der Waals surface area contributed by atoms with Crippen LogP contribution in [0.1, 0.15) is 33.1 Å². The number of hydrogen-bond acceptors (Lipinski definition) is 2. The molecule has 0 aromatic rings. The molecule has 1 saturated heterocycles. The van der Waals surface area contributed by atoms with Gasteiger partial charge in [-0.15, -0.1) is 6.42 Å². The molecule has 0 aromatic heterocycles. The maximum atomic E-state index is 6.01. The Bertz CT molecular complexity index is 335. The zero-order valence-corrected chi connectivity index (χ0v) is 11.7. The van der Waals surface area contributed by atoms with Crippen LogP contribution in [0.4, 0.5) is 0 Å². The maximum Gasteiger partial charge on any atom is 0.00514 e. The summed E-state index contributed by atoms with van der Waals surface area (Å²) in [4.78, 5) is 2.53. The topological polar surface area (TPSA) is 29.3 Å². The first kappa shape index (κ1) is 15.0. The number of nitrogens with two attached hydrogens (primary N) is 1. The first-order chi connectivity index (χ1) is 8.67. The molecular formula is C16H26N2. The molecule has 2 N–H and O–H groups in total. The van der Waals surface area contributed by atoms with Crippen molar-refractivity contribution in [3.05, 3.63) is 23.8 Å². The fourth-order valence-corrected chi connectivity index (χ4v) is 2.55. The Morgan fingerprint density at radius 1 is 1.50 bits per heavy atom. The van der Waals surface area contributed by atoms with Crippen molar-refractivity contribution in [1.82, 2.24) is 4.90 Å². The maximum absolute atomic E-state index is 6.01. The number of likely N-dealkylation sites (tertiary alicyclic amines) is 1. The first-order valence-corrected chi connectivity index (χ1v) is 6.94. The van der Waals surface area contributed by atoms with Gasteiger partial charge in [-0.2, -0.15) is 0 Å². The second-order valence-corrected chi connectivity index (χ2v) is 5.18. The van der Waals surface area contributed by atoms with E-state index in [1.165, 1.54) is 25.0 Å². The predicted octanol–water partition coefficient (Wildman–Crippen LogP) is 2.57. The molecule has 2 atom stereocenters. The van der Waals surface area contributed by atoms with Gasteiger partial charge < -0.3 is 10.6 Å². The smallest absolute Gasteiger partial charge is 0.00514 e. The van der Waals surface area contributed by atoms with Crippen LogP contribution in [0.3, 0.4) is 0 Å². The van der Waals surface area contributed by atoms with Crippen LogP contribution in [-0.4, -0.2) is 30.6 Å². The summed E-state index contributed by atoms with van der Waals surface area (Å²) < 4.78 is 0. The highest BCUT2D eigenvalue weighted by Gasteiger charge is 2.16. The molecule has 0 bridgehead atoms. The molecule has 1 rings (SSSR count). The third-order valence-corrected chi connectivity index (χ3v) is 3.67. The summed E-state index contributed by atoms with van der Waals surface area (Å²) in [5.41, 5.74) is 7.33. The number of terminal acetylenes is 1. The third kappa shape index (κ3) is 5.08. The molecule has 2 unspecified atom stereocenters. The molecule has 0 radical (unpaired) electrons. The van der Waals surface area contributed by atoms with Gasteiger partial charge in [-0.1, -0.05) is 25.0 Å². The average molecular weight is 246 g/mol. The van der Waals surface area contributed by atoms with Crippen LogP contribution < -0.4 is 5.73 Å². The quantitative estimate of drug-likeness (QED) is 0.610. The fourth-order valence-electron chi connectivity index (χ4n) is 2.55. The second-order valence-electron chi connectivity index (χ2n) is 5.18. The van der Waals surface area contributed by atoms with E-state index in [2.05, 4.69) is 30.7 Å². The zero-order chi connectivity index (χ0) is 13.4. The monoisotopic (exact) mass is 246 g/mol. The van der Waals surface area contributed by atoms with E-state index in [4.69, 9.17) is 12.2 Å². The molecule has 0 spiro atoms. The van der Waals surface area contributed by atoms with Crippen molar-refractivity contribution in [2.45, 2.75) is 39.2 Å². The number of rotatable bonds is 4. The third-order valence-electron chi connectivity index (χ3n) is 3.67. The predicted molar refractivity (Wildman–Crippen MR) is 79.2 cm³/mol. The van der Waals surface area contributed by atoms with Crippen LogP contribution in [0.25, 0.3) is 0 Å². The van der Waals surface area contributed by atoms with Crippen LogP contribution in [0.2, 0.25) is 0 Å². The minimum absolute atomic E-state index is 0.396. The normalized spacial score (nSPS) is 24.8. The lowest BCUT2D eigenvalue weighted by Crippen LogP contribution is -2.31. The van der Waals surface area contributed by atoms with E-state index in [9.17, 15) is 0 Å². The summed E-state index contributed by atoms with van der Waals surface area (Å²) >= 11 is 0. The Morgan fingerprint density at radius 3 is 2.94 bits per heavy atom. The van der Waals surface area contributed by atoms with E-state index in [1.54, 1.807) is 6.08 Å². The van der Waals surface area contributed by atoms with Crippen LogP contribution in [0.15, 0.2) is 23.8 Å². The lowest BCUT2D eigenvalue weighted by molar-refractivity contribution is 0.259. The summed E-state index contributed by atoms with van der Waals surface area (Å²) in [5.74, 6) is 3.08. The van der Waals surface area contributed by atoms with Crippen LogP contribution >= 0.6 is 0 Å². The highest BCUT2D eigenvalue weighted by molar-refractivity contribution is 5.26. The summed E-state index contributed by atoms with van der Waals surface area (Å²) in [7, 11) is 0. The Hall–Kier alpha value is -1.04.